The van der Waals surface area contributed by atoms with Crippen molar-refractivity contribution in [2.45, 2.75) is 39.8 Å². The molecule has 3 aromatic rings. The topological polar surface area (TPSA) is 30.5 Å². The quantitative estimate of drug-likeness (QED) is 0.410. The second-order valence-corrected chi connectivity index (χ2v) is 9.60. The molecular weight excluding hydrogens is 441 g/mol. The number of nitrogens with one attached hydrogen (secondary N) is 1. The lowest BCUT2D eigenvalue weighted by Crippen LogP contribution is -2.32. The normalized spacial score (nSPS) is 14.3. The van der Waals surface area contributed by atoms with Crippen LogP contribution in [0.4, 0.5) is 5.69 Å². The molecule has 0 atom stereocenters. The first-order chi connectivity index (χ1) is 15.2. The Balaban J connectivity index is 1.88. The van der Waals surface area contributed by atoms with E-state index in [1.165, 1.54) is 5.57 Å². The van der Waals surface area contributed by atoms with Crippen molar-refractivity contribution in [1.82, 2.24) is 0 Å². The molecule has 5 heteroatoms. The highest BCUT2D eigenvalue weighted by atomic mass is 35.5. The summed E-state index contributed by atoms with van der Waals surface area (Å²) in [5.74, 6) is 1.50. The number of methoxy groups -OCH3 is 1. The van der Waals surface area contributed by atoms with E-state index in [1.54, 1.807) is 7.11 Å². The van der Waals surface area contributed by atoms with Crippen LogP contribution in [0.3, 0.4) is 0 Å². The van der Waals surface area contributed by atoms with E-state index in [4.69, 9.17) is 32.7 Å². The highest BCUT2D eigenvalue weighted by Crippen LogP contribution is 2.43. The second-order valence-electron chi connectivity index (χ2n) is 8.73. The van der Waals surface area contributed by atoms with E-state index < -0.39 is 0 Å². The third-order valence-corrected chi connectivity index (χ3v) is 6.19. The summed E-state index contributed by atoms with van der Waals surface area (Å²) in [4.78, 5) is 0. The third-order valence-electron chi connectivity index (χ3n) is 5.72. The van der Waals surface area contributed by atoms with E-state index in [0.29, 0.717) is 16.7 Å². The van der Waals surface area contributed by atoms with E-state index in [-0.39, 0.29) is 5.54 Å². The average molecular weight is 468 g/mol. The van der Waals surface area contributed by atoms with Crippen LogP contribution in [0.1, 0.15) is 37.5 Å². The maximum atomic E-state index is 6.32. The van der Waals surface area contributed by atoms with Gasteiger partial charge in [0.05, 0.1) is 12.6 Å². The van der Waals surface area contributed by atoms with Gasteiger partial charge in [0.25, 0.3) is 0 Å². The van der Waals surface area contributed by atoms with Crippen LogP contribution in [0.2, 0.25) is 10.0 Å². The minimum absolute atomic E-state index is 0.127. The molecule has 0 aliphatic carbocycles. The van der Waals surface area contributed by atoms with Gasteiger partial charge in [0.15, 0.2) is 0 Å². The summed E-state index contributed by atoms with van der Waals surface area (Å²) in [6.07, 6.45) is 2.26. The van der Waals surface area contributed by atoms with Gasteiger partial charge >= 0.3 is 0 Å². The predicted octanol–water partition coefficient (Wildman–Crippen LogP) is 8.16. The summed E-state index contributed by atoms with van der Waals surface area (Å²) in [6.45, 7) is 8.89. The lowest BCUT2D eigenvalue weighted by molar-refractivity contribution is 0.304. The lowest BCUT2D eigenvalue weighted by Gasteiger charge is -2.33. The third kappa shape index (κ3) is 4.46. The van der Waals surface area contributed by atoms with Crippen LogP contribution in [-0.2, 0) is 6.61 Å². The number of aryl methyl sites for hydroxylation is 1. The van der Waals surface area contributed by atoms with E-state index >= 15 is 0 Å². The predicted molar refractivity (Wildman–Crippen MR) is 135 cm³/mol. The van der Waals surface area contributed by atoms with Crippen molar-refractivity contribution in [3.8, 4) is 22.6 Å². The number of benzene rings is 3. The second kappa shape index (κ2) is 8.73. The minimum atomic E-state index is -0.127. The zero-order valence-electron chi connectivity index (χ0n) is 19.0. The number of halogens is 2. The summed E-state index contributed by atoms with van der Waals surface area (Å²) in [5, 5.41) is 4.92. The fraction of sp³-hybridized carbons (Fsp3) is 0.259. The molecule has 0 bridgehead atoms. The van der Waals surface area contributed by atoms with Crippen molar-refractivity contribution < 1.29 is 9.47 Å². The van der Waals surface area contributed by atoms with Gasteiger partial charge < -0.3 is 14.8 Å². The summed E-state index contributed by atoms with van der Waals surface area (Å²) in [5.41, 5.74) is 7.46. The van der Waals surface area contributed by atoms with E-state index in [0.717, 1.165) is 45.0 Å². The van der Waals surface area contributed by atoms with Crippen LogP contribution in [0.5, 0.6) is 11.5 Å². The van der Waals surface area contributed by atoms with Crippen molar-refractivity contribution in [1.29, 1.82) is 0 Å². The Labute approximate surface area is 200 Å². The molecule has 0 radical (unpaired) electrons. The van der Waals surface area contributed by atoms with Crippen LogP contribution < -0.4 is 14.8 Å². The summed E-state index contributed by atoms with van der Waals surface area (Å²) in [7, 11) is 1.66. The largest absolute Gasteiger partial charge is 0.496 e. The fourth-order valence-corrected chi connectivity index (χ4v) is 4.69. The molecule has 0 amide bonds. The van der Waals surface area contributed by atoms with E-state index in [1.807, 2.05) is 43.3 Å². The van der Waals surface area contributed by atoms with Crippen molar-refractivity contribution >= 4 is 34.5 Å². The molecule has 0 aromatic heterocycles. The molecule has 0 saturated heterocycles. The van der Waals surface area contributed by atoms with Gasteiger partial charge in [-0.3, -0.25) is 0 Å². The zero-order chi connectivity index (χ0) is 23.0. The molecule has 1 heterocycles. The highest BCUT2D eigenvalue weighted by molar-refractivity contribution is 6.31. The van der Waals surface area contributed by atoms with Gasteiger partial charge in [-0.2, -0.15) is 0 Å². The smallest absolute Gasteiger partial charge is 0.128 e. The van der Waals surface area contributed by atoms with Crippen molar-refractivity contribution in [3.05, 3.63) is 81.3 Å². The molecule has 1 N–H and O–H groups in total. The molecule has 0 unspecified atom stereocenters. The van der Waals surface area contributed by atoms with Crippen molar-refractivity contribution in [2.24, 2.45) is 0 Å². The average Bonchev–Trinajstić information content (AvgIpc) is 2.73. The van der Waals surface area contributed by atoms with Gasteiger partial charge in [0.1, 0.15) is 18.1 Å². The molecule has 4 rings (SSSR count). The molecule has 0 saturated carbocycles. The van der Waals surface area contributed by atoms with Crippen LogP contribution in [0.25, 0.3) is 16.7 Å². The molecule has 166 valence electrons. The molecule has 1 aliphatic heterocycles. The van der Waals surface area contributed by atoms with Crippen molar-refractivity contribution in [2.75, 3.05) is 12.4 Å². The van der Waals surface area contributed by atoms with Crippen molar-refractivity contribution in [3.63, 3.8) is 0 Å². The summed E-state index contributed by atoms with van der Waals surface area (Å²) >= 11 is 12.5. The molecule has 0 fully saturated rings. The number of fused-ring (bicyclic) bond motifs is 1. The number of anilines is 1. The van der Waals surface area contributed by atoms with E-state index in [2.05, 4.69) is 44.3 Å². The number of hydrogen-bond acceptors (Lipinski definition) is 3. The Hall–Kier alpha value is -2.62. The Morgan fingerprint density at radius 1 is 0.875 bits per heavy atom. The number of ether oxygens (including phenoxy) is 2. The number of allylic oxidation sites excluding steroid dienone is 1. The highest BCUT2D eigenvalue weighted by Gasteiger charge is 2.27. The van der Waals surface area contributed by atoms with Gasteiger partial charge in [-0.25, -0.2) is 0 Å². The van der Waals surface area contributed by atoms with E-state index in [9.17, 15) is 0 Å². The number of rotatable bonds is 5. The first-order valence-electron chi connectivity index (χ1n) is 10.6. The summed E-state index contributed by atoms with van der Waals surface area (Å²) in [6, 6.07) is 15.7. The standard InChI is InChI=1S/C27H27Cl2NO2/c1-16-6-7-18(28)12-24(16)32-15-22-20(21-9-8-19(29)13-25(21)31-5)10-11-23-26(22)17(2)14-27(3,4)30-23/h6-14,30H,15H2,1-5H3. The van der Waals surface area contributed by atoms with Gasteiger partial charge in [-0.05, 0) is 80.8 Å². The monoisotopic (exact) mass is 467 g/mol. The molecule has 1 aliphatic rings. The minimum Gasteiger partial charge on any atom is -0.496 e. The lowest BCUT2D eigenvalue weighted by atomic mass is 9.85. The SMILES string of the molecule is COc1cc(Cl)ccc1-c1ccc2c(c1COc1cc(Cl)ccc1C)C(C)=CC(C)(C)N2. The first kappa shape index (κ1) is 22.6. The van der Waals surface area contributed by atoms with Crippen LogP contribution in [-0.4, -0.2) is 12.6 Å². The summed E-state index contributed by atoms with van der Waals surface area (Å²) < 4.78 is 12.0. The molecular formula is C27H27Cl2NO2. The number of hydrogen-bond donors (Lipinski definition) is 1. The van der Waals surface area contributed by atoms with Gasteiger partial charge in [0.2, 0.25) is 0 Å². The molecule has 32 heavy (non-hydrogen) atoms. The fourth-order valence-electron chi connectivity index (χ4n) is 4.37. The Morgan fingerprint density at radius 3 is 2.25 bits per heavy atom. The maximum Gasteiger partial charge on any atom is 0.128 e. The van der Waals surface area contributed by atoms with Crippen LogP contribution in [0.15, 0.2) is 54.6 Å². The Kier molecular flexibility index (Phi) is 6.15. The maximum absolute atomic E-state index is 6.32. The molecule has 3 aromatic carbocycles. The van der Waals surface area contributed by atoms with Gasteiger partial charge in [-0.15, -0.1) is 0 Å². The first-order valence-corrected chi connectivity index (χ1v) is 11.3. The van der Waals surface area contributed by atoms with Gasteiger partial charge in [-0.1, -0.05) is 41.4 Å². The van der Waals surface area contributed by atoms with Crippen LogP contribution in [0, 0.1) is 6.92 Å². The van der Waals surface area contributed by atoms with Crippen LogP contribution >= 0.6 is 23.2 Å². The molecule has 0 spiro atoms. The molecule has 3 nitrogen and oxygen atoms in total. The Morgan fingerprint density at radius 2 is 1.53 bits per heavy atom. The zero-order valence-corrected chi connectivity index (χ0v) is 20.5. The Bertz CT molecular complexity index is 1210. The van der Waals surface area contributed by atoms with Gasteiger partial charge in [0, 0.05) is 32.4 Å².